The monoisotopic (exact) mass is 489 g/mol. The molecule has 0 atom stereocenters. The summed E-state index contributed by atoms with van der Waals surface area (Å²) in [6.45, 7) is 0. The molecular formula is C29H32BrNO. The van der Waals surface area contributed by atoms with Crippen LogP contribution in [0, 0.1) is 11.8 Å². The number of halogens is 1. The maximum atomic E-state index is 7.32. The fourth-order valence-corrected chi connectivity index (χ4v) is 6.63. The van der Waals surface area contributed by atoms with E-state index in [4.69, 9.17) is 4.84 Å². The number of rotatable bonds is 6. The van der Waals surface area contributed by atoms with Crippen molar-refractivity contribution >= 4 is 17.0 Å². The number of piperidine rings is 2. The van der Waals surface area contributed by atoms with Crippen molar-refractivity contribution in [1.29, 1.82) is 0 Å². The van der Waals surface area contributed by atoms with Gasteiger partial charge in [-0.1, -0.05) is 91.0 Å². The van der Waals surface area contributed by atoms with Crippen LogP contribution in [0.15, 0.2) is 91.0 Å². The van der Waals surface area contributed by atoms with Gasteiger partial charge in [-0.15, -0.1) is 17.0 Å². The highest BCUT2D eigenvalue weighted by atomic mass is 79.9. The molecule has 0 amide bonds. The summed E-state index contributed by atoms with van der Waals surface area (Å²) in [5, 5.41) is 2.45. The maximum Gasteiger partial charge on any atom is 0.144 e. The van der Waals surface area contributed by atoms with Crippen molar-refractivity contribution in [3.05, 3.63) is 108 Å². The molecule has 7 rings (SSSR count). The largest absolute Gasteiger partial charge is 0.282 e. The van der Waals surface area contributed by atoms with Gasteiger partial charge < -0.3 is 0 Å². The molecule has 0 unspecified atom stereocenters. The summed E-state index contributed by atoms with van der Waals surface area (Å²) in [6, 6.07) is 33.7. The van der Waals surface area contributed by atoms with Crippen molar-refractivity contribution in [2.45, 2.75) is 56.2 Å². The molecular weight excluding hydrogens is 458 g/mol. The van der Waals surface area contributed by atoms with Crippen molar-refractivity contribution < 1.29 is 4.84 Å². The van der Waals surface area contributed by atoms with Crippen molar-refractivity contribution in [2.75, 3.05) is 0 Å². The van der Waals surface area contributed by atoms with Crippen LogP contribution >= 0.6 is 17.0 Å². The first-order chi connectivity index (χ1) is 15.3. The quantitative estimate of drug-likeness (QED) is 0.371. The Balaban J connectivity index is 0.00000216. The van der Waals surface area contributed by atoms with Crippen LogP contribution in [0.4, 0.5) is 0 Å². The number of hydrogen-bond acceptors (Lipinski definition) is 2. The molecule has 2 saturated heterocycles. The van der Waals surface area contributed by atoms with Gasteiger partial charge >= 0.3 is 0 Å². The first-order valence-electron chi connectivity index (χ1n) is 11.9. The van der Waals surface area contributed by atoms with Crippen LogP contribution in [0.1, 0.15) is 48.8 Å². The fourth-order valence-electron chi connectivity index (χ4n) is 6.63. The van der Waals surface area contributed by atoms with E-state index >= 15 is 0 Å². The van der Waals surface area contributed by atoms with E-state index < -0.39 is 5.60 Å². The highest BCUT2D eigenvalue weighted by Crippen LogP contribution is 2.51. The average Bonchev–Trinajstić information content (AvgIpc) is 2.82. The first-order valence-corrected chi connectivity index (χ1v) is 11.9. The smallest absolute Gasteiger partial charge is 0.144 e. The minimum atomic E-state index is -0.529. The molecule has 2 heterocycles. The van der Waals surface area contributed by atoms with E-state index in [1.807, 2.05) is 0 Å². The van der Waals surface area contributed by atoms with E-state index in [1.54, 1.807) is 0 Å². The lowest BCUT2D eigenvalue weighted by Gasteiger charge is -2.57. The van der Waals surface area contributed by atoms with Crippen molar-refractivity contribution in [3.8, 4) is 0 Å². The summed E-state index contributed by atoms with van der Waals surface area (Å²) < 4.78 is 0. The molecule has 2 aliphatic carbocycles. The fraction of sp³-hybridized carbons (Fsp3) is 0.379. The van der Waals surface area contributed by atoms with Gasteiger partial charge in [0.2, 0.25) is 0 Å². The Bertz CT molecular complexity index is 940. The second-order valence-corrected chi connectivity index (χ2v) is 9.89. The first kappa shape index (κ1) is 21.9. The molecule has 2 saturated carbocycles. The summed E-state index contributed by atoms with van der Waals surface area (Å²) in [5.74, 6) is 1.83. The molecule has 0 spiro atoms. The van der Waals surface area contributed by atoms with Gasteiger partial charge in [-0.2, -0.15) is 5.06 Å². The lowest BCUT2D eigenvalue weighted by molar-refractivity contribution is -0.316. The third-order valence-corrected chi connectivity index (χ3v) is 7.85. The van der Waals surface area contributed by atoms with Gasteiger partial charge in [-0.25, -0.2) is 0 Å². The van der Waals surface area contributed by atoms with Gasteiger partial charge in [0.25, 0.3) is 0 Å². The number of hydroxylamine groups is 2. The minimum absolute atomic E-state index is 0. The molecule has 166 valence electrons. The molecule has 0 N–H and O–H groups in total. The SMILES string of the molecule is Br.c1ccc(CC(ON2C3CC4CC(C3)CC2C4)(c2ccccc2)c2ccccc2)cc1. The van der Waals surface area contributed by atoms with Crippen LogP contribution in [-0.2, 0) is 16.9 Å². The van der Waals surface area contributed by atoms with Gasteiger partial charge in [0.05, 0.1) is 0 Å². The zero-order chi connectivity index (χ0) is 20.7. The maximum absolute atomic E-state index is 7.32. The predicted molar refractivity (Wildman–Crippen MR) is 135 cm³/mol. The predicted octanol–water partition coefficient (Wildman–Crippen LogP) is 6.95. The Morgan fingerprint density at radius 1 is 0.625 bits per heavy atom. The number of hydrogen-bond donors (Lipinski definition) is 0. The van der Waals surface area contributed by atoms with E-state index in [0.29, 0.717) is 12.1 Å². The van der Waals surface area contributed by atoms with Gasteiger partial charge in [-0.05, 0) is 60.6 Å². The van der Waals surface area contributed by atoms with Gasteiger partial charge in [0.1, 0.15) is 5.60 Å². The Morgan fingerprint density at radius 3 is 1.53 bits per heavy atom. The summed E-state index contributed by atoms with van der Waals surface area (Å²) in [6.07, 6.45) is 7.49. The molecule has 0 aromatic heterocycles. The zero-order valence-electron chi connectivity index (χ0n) is 18.5. The van der Waals surface area contributed by atoms with E-state index in [9.17, 15) is 0 Å². The Labute approximate surface area is 202 Å². The molecule has 4 bridgehead atoms. The van der Waals surface area contributed by atoms with Crippen molar-refractivity contribution in [2.24, 2.45) is 11.8 Å². The van der Waals surface area contributed by atoms with Crippen LogP contribution in [-0.4, -0.2) is 17.1 Å². The molecule has 32 heavy (non-hydrogen) atoms. The van der Waals surface area contributed by atoms with E-state index in [-0.39, 0.29) is 17.0 Å². The van der Waals surface area contributed by atoms with Crippen LogP contribution in [0.2, 0.25) is 0 Å². The van der Waals surface area contributed by atoms with Crippen LogP contribution in [0.5, 0.6) is 0 Å². The second-order valence-electron chi connectivity index (χ2n) is 9.89. The lowest BCUT2D eigenvalue weighted by atomic mass is 9.64. The summed E-state index contributed by atoms with van der Waals surface area (Å²) in [7, 11) is 0. The lowest BCUT2D eigenvalue weighted by Crippen LogP contribution is -2.60. The summed E-state index contributed by atoms with van der Waals surface area (Å²) in [5.41, 5.74) is 3.25. The van der Waals surface area contributed by atoms with Gasteiger partial charge in [-0.3, -0.25) is 4.84 Å². The van der Waals surface area contributed by atoms with E-state index in [2.05, 4.69) is 96.1 Å². The Hall–Kier alpha value is -1.94. The number of nitrogens with zero attached hydrogens (tertiary/aromatic N) is 1. The molecule has 4 aliphatic rings. The van der Waals surface area contributed by atoms with Gasteiger partial charge in [0, 0.05) is 18.5 Å². The zero-order valence-corrected chi connectivity index (χ0v) is 20.2. The highest BCUT2D eigenvalue weighted by Gasteiger charge is 2.51. The number of benzene rings is 3. The third kappa shape index (κ3) is 3.96. The van der Waals surface area contributed by atoms with Crippen molar-refractivity contribution in [3.63, 3.8) is 0 Å². The second kappa shape index (κ2) is 9.13. The third-order valence-electron chi connectivity index (χ3n) is 7.85. The minimum Gasteiger partial charge on any atom is -0.282 e. The normalized spacial score (nSPS) is 26.6. The summed E-state index contributed by atoms with van der Waals surface area (Å²) >= 11 is 0. The van der Waals surface area contributed by atoms with Gasteiger partial charge in [0.15, 0.2) is 0 Å². The molecule has 0 radical (unpaired) electrons. The Morgan fingerprint density at radius 2 is 1.06 bits per heavy atom. The molecule has 2 aliphatic heterocycles. The van der Waals surface area contributed by atoms with Crippen LogP contribution in [0.25, 0.3) is 0 Å². The van der Waals surface area contributed by atoms with E-state index in [0.717, 1.165) is 18.3 Å². The average molecular weight is 490 g/mol. The topological polar surface area (TPSA) is 12.5 Å². The van der Waals surface area contributed by atoms with Crippen molar-refractivity contribution in [1.82, 2.24) is 5.06 Å². The Kier molecular flexibility index (Phi) is 6.24. The molecule has 3 heteroatoms. The van der Waals surface area contributed by atoms with E-state index in [1.165, 1.54) is 48.8 Å². The van der Waals surface area contributed by atoms with Crippen LogP contribution < -0.4 is 0 Å². The standard InChI is InChI=1S/C29H31NO.BrH/c1-4-10-22(11-5-1)21-29(25-12-6-2-7-13-25,26-14-8-3-9-15-26)31-30-27-17-23-16-24(19-27)20-28(30)18-23;/h1-15,23-24,27-28H,16-21H2;1H. The van der Waals surface area contributed by atoms with Crippen LogP contribution in [0.3, 0.4) is 0 Å². The molecule has 4 fully saturated rings. The molecule has 3 aromatic carbocycles. The summed E-state index contributed by atoms with van der Waals surface area (Å²) in [4.78, 5) is 7.32. The highest BCUT2D eigenvalue weighted by molar-refractivity contribution is 8.93. The molecule has 3 aromatic rings. The molecule has 2 nitrogen and oxygen atoms in total.